The van der Waals surface area contributed by atoms with Gasteiger partial charge in [-0.25, -0.2) is 0 Å². The fraction of sp³-hybridized carbons (Fsp3) is 0.333. The largest absolute Gasteiger partial charge is 0.313 e. The second kappa shape index (κ2) is 6.47. The summed E-state index contributed by atoms with van der Waals surface area (Å²) in [4.78, 5) is 0. The van der Waals surface area contributed by atoms with E-state index in [4.69, 9.17) is 0 Å². The summed E-state index contributed by atoms with van der Waals surface area (Å²) in [6, 6.07) is 20.1. The van der Waals surface area contributed by atoms with Crippen molar-refractivity contribution < 1.29 is 0 Å². The Morgan fingerprint density at radius 2 is 1.70 bits per heavy atom. The van der Waals surface area contributed by atoms with Gasteiger partial charge in [-0.05, 0) is 47.6 Å². The topological polar surface area (TPSA) is 12.0 Å². The molecule has 1 aliphatic heterocycles. The molecule has 1 N–H and O–H groups in total. The van der Waals surface area contributed by atoms with Gasteiger partial charge in [-0.15, -0.1) is 0 Å². The Morgan fingerprint density at radius 1 is 1.00 bits per heavy atom. The first kappa shape index (κ1) is 13.7. The van der Waals surface area contributed by atoms with E-state index in [1.165, 1.54) is 34.6 Å². The molecule has 1 saturated heterocycles. The molecule has 2 aromatic carbocycles. The maximum absolute atomic E-state index is 3.51. The molecule has 0 spiro atoms. The van der Waals surface area contributed by atoms with Gasteiger partial charge in [-0.3, -0.25) is 0 Å². The lowest BCUT2D eigenvalue weighted by molar-refractivity contribution is 0.420. The average Bonchev–Trinajstić information content (AvgIpc) is 3.04. The van der Waals surface area contributed by atoms with Gasteiger partial charge in [-0.2, -0.15) is 11.8 Å². The van der Waals surface area contributed by atoms with E-state index in [2.05, 4.69) is 78.7 Å². The first-order valence-electron chi connectivity index (χ1n) is 7.29. The van der Waals surface area contributed by atoms with Gasteiger partial charge in [-0.1, -0.05) is 54.6 Å². The summed E-state index contributed by atoms with van der Waals surface area (Å²) < 4.78 is 0. The lowest BCUT2D eigenvalue weighted by Gasteiger charge is -2.23. The predicted octanol–water partition coefficient (Wildman–Crippen LogP) is 4.37. The fourth-order valence-electron chi connectivity index (χ4n) is 3.00. The van der Waals surface area contributed by atoms with Gasteiger partial charge in [0.1, 0.15) is 0 Å². The van der Waals surface area contributed by atoms with Crippen molar-refractivity contribution in [1.29, 1.82) is 0 Å². The normalized spacial score (nSPS) is 19.9. The summed E-state index contributed by atoms with van der Waals surface area (Å²) in [6.45, 7) is 0. The molecule has 3 rings (SSSR count). The number of thioether (sulfide) groups is 1. The average molecular weight is 283 g/mol. The van der Waals surface area contributed by atoms with E-state index >= 15 is 0 Å². The van der Waals surface area contributed by atoms with E-state index in [1.54, 1.807) is 0 Å². The number of hydrogen-bond acceptors (Lipinski definition) is 2. The summed E-state index contributed by atoms with van der Waals surface area (Å²) in [5.74, 6) is 3.37. The van der Waals surface area contributed by atoms with Crippen LogP contribution in [0.4, 0.5) is 0 Å². The second-order valence-corrected chi connectivity index (χ2v) is 6.53. The molecule has 1 fully saturated rings. The summed E-state index contributed by atoms with van der Waals surface area (Å²) in [7, 11) is 2.08. The molecule has 2 unspecified atom stereocenters. The van der Waals surface area contributed by atoms with Crippen LogP contribution in [0.1, 0.15) is 18.0 Å². The third-order valence-electron chi connectivity index (χ3n) is 4.12. The molecule has 0 bridgehead atoms. The van der Waals surface area contributed by atoms with Crippen molar-refractivity contribution in [3.63, 3.8) is 0 Å². The highest BCUT2D eigenvalue weighted by molar-refractivity contribution is 7.99. The minimum Gasteiger partial charge on any atom is -0.313 e. The number of nitrogens with one attached hydrogen (secondary N) is 1. The molecule has 0 radical (unpaired) electrons. The minimum atomic E-state index is 0.495. The van der Waals surface area contributed by atoms with Crippen LogP contribution in [-0.4, -0.2) is 18.6 Å². The van der Waals surface area contributed by atoms with Crippen molar-refractivity contribution in [2.24, 2.45) is 5.92 Å². The summed E-state index contributed by atoms with van der Waals surface area (Å²) in [5, 5.41) is 3.51. The summed E-state index contributed by atoms with van der Waals surface area (Å²) in [5.41, 5.74) is 4.00. The Hall–Kier alpha value is -1.25. The monoisotopic (exact) mass is 283 g/mol. The van der Waals surface area contributed by atoms with E-state index in [0.717, 1.165) is 5.92 Å². The number of rotatable bonds is 4. The first-order valence-corrected chi connectivity index (χ1v) is 8.44. The van der Waals surface area contributed by atoms with Gasteiger partial charge < -0.3 is 5.32 Å². The second-order valence-electron chi connectivity index (χ2n) is 5.38. The SMILES string of the molecule is CNC(c1ccc(-c2ccccc2)cc1)C1CCSC1. The zero-order valence-corrected chi connectivity index (χ0v) is 12.7. The van der Waals surface area contributed by atoms with Crippen LogP contribution in [0.5, 0.6) is 0 Å². The van der Waals surface area contributed by atoms with Crippen LogP contribution in [-0.2, 0) is 0 Å². The molecule has 0 aliphatic carbocycles. The molecule has 1 heterocycles. The van der Waals surface area contributed by atoms with Gasteiger partial charge in [0.25, 0.3) is 0 Å². The summed E-state index contributed by atoms with van der Waals surface area (Å²) >= 11 is 2.08. The highest BCUT2D eigenvalue weighted by Gasteiger charge is 2.25. The van der Waals surface area contributed by atoms with Gasteiger partial charge in [0.2, 0.25) is 0 Å². The minimum absolute atomic E-state index is 0.495. The van der Waals surface area contributed by atoms with E-state index in [9.17, 15) is 0 Å². The standard InChI is InChI=1S/C18H21NS/c1-19-18(17-11-12-20-13-17)16-9-7-15(8-10-16)14-5-3-2-4-6-14/h2-10,17-19H,11-13H2,1H3. The van der Waals surface area contributed by atoms with Crippen LogP contribution in [0.25, 0.3) is 11.1 Å². The maximum atomic E-state index is 3.51. The molecule has 0 saturated carbocycles. The van der Waals surface area contributed by atoms with Gasteiger partial charge >= 0.3 is 0 Å². The fourth-order valence-corrected chi connectivity index (χ4v) is 4.30. The molecule has 20 heavy (non-hydrogen) atoms. The van der Waals surface area contributed by atoms with Crippen LogP contribution in [0, 0.1) is 5.92 Å². The molecular formula is C18H21NS. The van der Waals surface area contributed by atoms with Gasteiger partial charge in [0.15, 0.2) is 0 Å². The molecule has 2 aromatic rings. The van der Waals surface area contributed by atoms with Crippen LogP contribution >= 0.6 is 11.8 Å². The Bertz CT molecular complexity index is 529. The third kappa shape index (κ3) is 2.92. The Kier molecular flexibility index (Phi) is 4.44. The molecule has 104 valence electrons. The van der Waals surface area contributed by atoms with Crippen LogP contribution in [0.15, 0.2) is 54.6 Å². The maximum Gasteiger partial charge on any atom is 0.0354 e. The molecule has 0 aromatic heterocycles. The van der Waals surface area contributed by atoms with E-state index in [1.807, 2.05) is 0 Å². The number of benzene rings is 2. The van der Waals surface area contributed by atoms with E-state index in [-0.39, 0.29) is 0 Å². The van der Waals surface area contributed by atoms with E-state index < -0.39 is 0 Å². The molecule has 1 nitrogen and oxygen atoms in total. The van der Waals surface area contributed by atoms with Crippen molar-refractivity contribution in [3.05, 3.63) is 60.2 Å². The Labute approximate surface area is 125 Å². The van der Waals surface area contributed by atoms with Crippen LogP contribution < -0.4 is 5.32 Å². The van der Waals surface area contributed by atoms with Crippen LogP contribution in [0.3, 0.4) is 0 Å². The molecule has 0 amide bonds. The molecule has 1 aliphatic rings. The van der Waals surface area contributed by atoms with Crippen molar-refractivity contribution in [2.45, 2.75) is 12.5 Å². The van der Waals surface area contributed by atoms with Crippen molar-refractivity contribution in [1.82, 2.24) is 5.32 Å². The van der Waals surface area contributed by atoms with Gasteiger partial charge in [0, 0.05) is 6.04 Å². The van der Waals surface area contributed by atoms with Crippen LogP contribution in [0.2, 0.25) is 0 Å². The zero-order valence-electron chi connectivity index (χ0n) is 11.9. The van der Waals surface area contributed by atoms with Crippen molar-refractivity contribution >= 4 is 11.8 Å². The third-order valence-corrected chi connectivity index (χ3v) is 5.31. The highest BCUT2D eigenvalue weighted by atomic mass is 32.2. The number of hydrogen-bond donors (Lipinski definition) is 1. The first-order chi connectivity index (χ1) is 9.88. The predicted molar refractivity (Wildman–Crippen MR) is 89.1 cm³/mol. The van der Waals surface area contributed by atoms with Crippen molar-refractivity contribution in [2.75, 3.05) is 18.6 Å². The Morgan fingerprint density at radius 3 is 2.30 bits per heavy atom. The lowest BCUT2D eigenvalue weighted by atomic mass is 9.91. The molecule has 2 heteroatoms. The highest BCUT2D eigenvalue weighted by Crippen LogP contribution is 2.34. The summed E-state index contributed by atoms with van der Waals surface area (Å²) in [6.07, 6.45) is 1.33. The molecular weight excluding hydrogens is 262 g/mol. The van der Waals surface area contributed by atoms with Gasteiger partial charge in [0.05, 0.1) is 0 Å². The van der Waals surface area contributed by atoms with Crippen molar-refractivity contribution in [3.8, 4) is 11.1 Å². The quantitative estimate of drug-likeness (QED) is 0.894. The lowest BCUT2D eigenvalue weighted by Crippen LogP contribution is -2.25. The molecule has 2 atom stereocenters. The Balaban J connectivity index is 1.81. The zero-order chi connectivity index (χ0) is 13.8. The smallest absolute Gasteiger partial charge is 0.0354 e. The van der Waals surface area contributed by atoms with E-state index in [0.29, 0.717) is 6.04 Å².